The smallest absolute Gasteiger partial charge is 0.272 e. The molecule has 138 valence electrons. The summed E-state index contributed by atoms with van der Waals surface area (Å²) in [6.45, 7) is 3.00. The average molecular weight is 380 g/mol. The number of hydrogen-bond acceptors (Lipinski definition) is 4. The van der Waals surface area contributed by atoms with Crippen molar-refractivity contribution < 1.29 is 14.3 Å². The maximum absolute atomic E-state index is 12.8. The van der Waals surface area contributed by atoms with E-state index < -0.39 is 0 Å². The van der Waals surface area contributed by atoms with E-state index in [1.165, 1.54) is 0 Å². The number of carbonyl (C=O) groups excluding carboxylic acids is 1. The Hall–Kier alpha value is -2.86. The summed E-state index contributed by atoms with van der Waals surface area (Å²) in [7, 11) is 1.88. The van der Waals surface area contributed by atoms with Crippen molar-refractivity contribution in [1.82, 2.24) is 4.57 Å². The highest BCUT2D eigenvalue weighted by Crippen LogP contribution is 2.42. The second kappa shape index (κ2) is 7.40. The number of amides is 1. The lowest BCUT2D eigenvalue weighted by Gasteiger charge is -2.21. The third-order valence-electron chi connectivity index (χ3n) is 4.47. The third kappa shape index (κ3) is 3.66. The van der Waals surface area contributed by atoms with E-state index in [-0.39, 0.29) is 5.91 Å². The van der Waals surface area contributed by atoms with Crippen LogP contribution in [0, 0.1) is 6.92 Å². The molecule has 6 heteroatoms. The van der Waals surface area contributed by atoms with E-state index in [4.69, 9.17) is 9.47 Å². The molecule has 3 aromatic rings. The van der Waals surface area contributed by atoms with Crippen LogP contribution in [0.15, 0.2) is 64.4 Å². The predicted molar refractivity (Wildman–Crippen MR) is 106 cm³/mol. The summed E-state index contributed by atoms with van der Waals surface area (Å²) >= 11 is 1.58. The topological polar surface area (TPSA) is 52.5 Å². The Balaban J connectivity index is 1.69. The highest BCUT2D eigenvalue weighted by atomic mass is 32.2. The van der Waals surface area contributed by atoms with E-state index in [0.29, 0.717) is 36.1 Å². The van der Waals surface area contributed by atoms with Gasteiger partial charge >= 0.3 is 0 Å². The number of rotatable bonds is 4. The molecule has 0 bridgehead atoms. The molecule has 1 amide bonds. The van der Waals surface area contributed by atoms with Crippen molar-refractivity contribution in [2.45, 2.75) is 16.7 Å². The summed E-state index contributed by atoms with van der Waals surface area (Å²) < 4.78 is 13.3. The SMILES string of the molecule is Cc1ccc(C(=O)Nc2cc3c(cc2Sc2ccccc2)OCCO3)n1C. The van der Waals surface area contributed by atoms with Crippen LogP contribution in [-0.2, 0) is 7.05 Å². The second-order valence-corrected chi connectivity index (χ2v) is 7.40. The van der Waals surface area contributed by atoms with Crippen LogP contribution in [0.3, 0.4) is 0 Å². The monoisotopic (exact) mass is 380 g/mol. The summed E-state index contributed by atoms with van der Waals surface area (Å²) in [5.41, 5.74) is 2.34. The van der Waals surface area contributed by atoms with E-state index in [1.54, 1.807) is 11.8 Å². The first-order valence-corrected chi connectivity index (χ1v) is 9.53. The molecule has 0 atom stereocenters. The van der Waals surface area contributed by atoms with Gasteiger partial charge in [0.1, 0.15) is 18.9 Å². The zero-order valence-corrected chi connectivity index (χ0v) is 16.0. The van der Waals surface area contributed by atoms with Crippen LogP contribution in [0.5, 0.6) is 11.5 Å². The molecule has 1 aliphatic heterocycles. The van der Waals surface area contributed by atoms with Gasteiger partial charge in [0.15, 0.2) is 11.5 Å². The van der Waals surface area contributed by atoms with Crippen molar-refractivity contribution in [1.29, 1.82) is 0 Å². The van der Waals surface area contributed by atoms with E-state index in [0.717, 1.165) is 15.5 Å². The summed E-state index contributed by atoms with van der Waals surface area (Å²) in [5.74, 6) is 1.20. The Kier molecular flexibility index (Phi) is 4.81. The summed E-state index contributed by atoms with van der Waals surface area (Å²) in [6.07, 6.45) is 0. The first-order chi connectivity index (χ1) is 13.1. The van der Waals surface area contributed by atoms with Crippen LogP contribution < -0.4 is 14.8 Å². The largest absolute Gasteiger partial charge is 0.486 e. The molecule has 5 nitrogen and oxygen atoms in total. The number of ether oxygens (including phenoxy) is 2. The third-order valence-corrected chi connectivity index (χ3v) is 5.53. The average Bonchev–Trinajstić information content (AvgIpc) is 3.02. The molecule has 0 radical (unpaired) electrons. The first-order valence-electron chi connectivity index (χ1n) is 8.72. The Morgan fingerprint density at radius 1 is 1.04 bits per heavy atom. The Morgan fingerprint density at radius 3 is 2.41 bits per heavy atom. The van der Waals surface area contributed by atoms with Gasteiger partial charge in [-0.15, -0.1) is 0 Å². The number of anilines is 1. The minimum absolute atomic E-state index is 0.155. The Morgan fingerprint density at radius 2 is 1.74 bits per heavy atom. The van der Waals surface area contributed by atoms with Crippen molar-refractivity contribution in [2.24, 2.45) is 7.05 Å². The molecule has 4 rings (SSSR count). The van der Waals surface area contributed by atoms with Crippen LogP contribution in [0.2, 0.25) is 0 Å². The van der Waals surface area contributed by atoms with Gasteiger partial charge in [0.2, 0.25) is 0 Å². The normalized spacial score (nSPS) is 12.7. The van der Waals surface area contributed by atoms with Crippen LogP contribution in [-0.4, -0.2) is 23.7 Å². The molecule has 1 aliphatic rings. The Bertz CT molecular complexity index is 983. The molecule has 0 saturated carbocycles. The fourth-order valence-electron chi connectivity index (χ4n) is 2.90. The highest BCUT2D eigenvalue weighted by Gasteiger charge is 2.19. The molecule has 0 aliphatic carbocycles. The van der Waals surface area contributed by atoms with Gasteiger partial charge in [0, 0.05) is 34.7 Å². The highest BCUT2D eigenvalue weighted by molar-refractivity contribution is 7.99. The van der Waals surface area contributed by atoms with Gasteiger partial charge in [-0.3, -0.25) is 4.79 Å². The Labute approximate surface area is 162 Å². The molecule has 0 spiro atoms. The number of carbonyl (C=O) groups is 1. The molecule has 27 heavy (non-hydrogen) atoms. The van der Waals surface area contributed by atoms with E-state index in [1.807, 2.05) is 73.1 Å². The lowest BCUT2D eigenvalue weighted by atomic mass is 10.2. The number of aromatic nitrogens is 1. The van der Waals surface area contributed by atoms with Crippen molar-refractivity contribution in [3.63, 3.8) is 0 Å². The maximum Gasteiger partial charge on any atom is 0.272 e. The van der Waals surface area contributed by atoms with Crippen LogP contribution >= 0.6 is 11.8 Å². The lowest BCUT2D eigenvalue weighted by molar-refractivity contribution is 0.101. The standard InChI is InChI=1S/C21H20N2O3S/c1-14-8-9-17(23(14)2)21(24)22-16-12-18-19(26-11-10-25-18)13-20(16)27-15-6-4-3-5-7-15/h3-9,12-13H,10-11H2,1-2H3,(H,22,24). The van der Waals surface area contributed by atoms with Gasteiger partial charge in [0.25, 0.3) is 5.91 Å². The zero-order valence-electron chi connectivity index (χ0n) is 15.2. The number of nitrogens with one attached hydrogen (secondary N) is 1. The quantitative estimate of drug-likeness (QED) is 0.724. The van der Waals surface area contributed by atoms with Gasteiger partial charge in [0.05, 0.1) is 5.69 Å². The van der Waals surface area contributed by atoms with E-state index in [2.05, 4.69) is 5.32 Å². The molecule has 1 N–H and O–H groups in total. The molecular formula is C21H20N2O3S. The predicted octanol–water partition coefficient (Wildman–Crippen LogP) is 4.51. The van der Waals surface area contributed by atoms with Crippen molar-refractivity contribution in [3.05, 3.63) is 66.0 Å². The molecule has 0 unspecified atom stereocenters. The van der Waals surface area contributed by atoms with Gasteiger partial charge in [-0.1, -0.05) is 30.0 Å². The maximum atomic E-state index is 12.8. The fourth-order valence-corrected chi connectivity index (χ4v) is 3.83. The molecule has 0 saturated heterocycles. The molecule has 2 aromatic carbocycles. The minimum atomic E-state index is -0.155. The van der Waals surface area contributed by atoms with Gasteiger partial charge < -0.3 is 19.4 Å². The van der Waals surface area contributed by atoms with Crippen LogP contribution in [0.1, 0.15) is 16.2 Å². The zero-order chi connectivity index (χ0) is 18.8. The van der Waals surface area contributed by atoms with Crippen molar-refractivity contribution in [3.8, 4) is 11.5 Å². The van der Waals surface area contributed by atoms with Crippen molar-refractivity contribution in [2.75, 3.05) is 18.5 Å². The summed E-state index contributed by atoms with van der Waals surface area (Å²) in [5, 5.41) is 3.04. The molecule has 2 heterocycles. The number of fused-ring (bicyclic) bond motifs is 1. The second-order valence-electron chi connectivity index (χ2n) is 6.28. The minimum Gasteiger partial charge on any atom is -0.486 e. The number of aryl methyl sites for hydroxylation is 1. The number of hydrogen-bond donors (Lipinski definition) is 1. The molecule has 1 aromatic heterocycles. The summed E-state index contributed by atoms with van der Waals surface area (Å²) in [6, 6.07) is 17.6. The fraction of sp³-hybridized carbons (Fsp3) is 0.190. The first kappa shape index (κ1) is 17.5. The van der Waals surface area contributed by atoms with E-state index in [9.17, 15) is 4.79 Å². The van der Waals surface area contributed by atoms with Gasteiger partial charge in [-0.25, -0.2) is 0 Å². The van der Waals surface area contributed by atoms with Crippen LogP contribution in [0.25, 0.3) is 0 Å². The number of benzene rings is 2. The van der Waals surface area contributed by atoms with Crippen molar-refractivity contribution >= 4 is 23.4 Å². The van der Waals surface area contributed by atoms with Crippen LogP contribution in [0.4, 0.5) is 5.69 Å². The molecular weight excluding hydrogens is 360 g/mol. The molecule has 0 fully saturated rings. The summed E-state index contributed by atoms with van der Waals surface area (Å²) in [4.78, 5) is 14.8. The lowest BCUT2D eigenvalue weighted by Crippen LogP contribution is -2.18. The van der Waals surface area contributed by atoms with Gasteiger partial charge in [-0.05, 0) is 31.2 Å². The van der Waals surface area contributed by atoms with E-state index >= 15 is 0 Å². The van der Waals surface area contributed by atoms with Gasteiger partial charge in [-0.2, -0.15) is 0 Å². The number of nitrogens with zero attached hydrogens (tertiary/aromatic N) is 1.